The number of carbonyl (C=O) groups excluding carboxylic acids is 1. The van der Waals surface area contributed by atoms with Crippen molar-refractivity contribution in [3.05, 3.63) is 89.1 Å². The summed E-state index contributed by atoms with van der Waals surface area (Å²) in [5.41, 5.74) is 3.92. The lowest BCUT2D eigenvalue weighted by atomic mass is 10.3. The maximum absolute atomic E-state index is 12.6. The molecule has 0 saturated heterocycles. The number of rotatable bonds is 5. The van der Waals surface area contributed by atoms with Gasteiger partial charge in [0.15, 0.2) is 0 Å². The van der Waals surface area contributed by atoms with Gasteiger partial charge >= 0.3 is 0 Å². The molecule has 0 atom stereocenters. The van der Waals surface area contributed by atoms with Gasteiger partial charge in [0.1, 0.15) is 17.4 Å². The molecule has 5 aromatic heterocycles. The molecule has 0 aliphatic carbocycles. The van der Waals surface area contributed by atoms with Gasteiger partial charge in [-0.15, -0.1) is 0 Å². The third-order valence-electron chi connectivity index (χ3n) is 4.87. The Morgan fingerprint density at radius 2 is 2.16 bits per heavy atom. The van der Waals surface area contributed by atoms with Crippen molar-refractivity contribution < 1.29 is 4.79 Å². The van der Waals surface area contributed by atoms with Gasteiger partial charge in [0.25, 0.3) is 5.91 Å². The average molecular weight is 431 g/mol. The molecule has 0 aliphatic rings. The van der Waals surface area contributed by atoms with E-state index < -0.39 is 0 Å². The van der Waals surface area contributed by atoms with Crippen molar-refractivity contribution >= 4 is 28.7 Å². The number of hydrogen-bond donors (Lipinski definition) is 1. The van der Waals surface area contributed by atoms with Gasteiger partial charge in [-0.25, -0.2) is 9.97 Å². The number of amides is 1. The molecule has 0 spiro atoms. The molecule has 0 aromatic carbocycles. The molecule has 5 heterocycles. The first-order chi connectivity index (χ1) is 15.1. The van der Waals surface area contributed by atoms with Crippen LogP contribution in [0.3, 0.4) is 0 Å². The lowest BCUT2D eigenvalue weighted by Crippen LogP contribution is -2.22. The molecular formula is C21H15ClN8O. The zero-order chi connectivity index (χ0) is 21.4. The first-order valence-corrected chi connectivity index (χ1v) is 9.77. The minimum absolute atomic E-state index is 0.254. The van der Waals surface area contributed by atoms with E-state index in [1.54, 1.807) is 52.1 Å². The van der Waals surface area contributed by atoms with E-state index in [1.807, 2.05) is 16.7 Å². The molecular weight excluding hydrogens is 416 g/mol. The van der Waals surface area contributed by atoms with Crippen LogP contribution >= 0.6 is 11.6 Å². The van der Waals surface area contributed by atoms with Crippen molar-refractivity contribution in [2.75, 3.05) is 0 Å². The first kappa shape index (κ1) is 18.8. The van der Waals surface area contributed by atoms with Gasteiger partial charge in [-0.3, -0.25) is 13.9 Å². The van der Waals surface area contributed by atoms with E-state index in [0.717, 1.165) is 16.9 Å². The molecule has 0 fully saturated rings. The van der Waals surface area contributed by atoms with Crippen LogP contribution < -0.4 is 5.32 Å². The highest BCUT2D eigenvalue weighted by Gasteiger charge is 2.12. The minimum Gasteiger partial charge on any atom is -0.346 e. The number of nitrogens with one attached hydrogen (secondary N) is 1. The Labute approximate surface area is 181 Å². The summed E-state index contributed by atoms with van der Waals surface area (Å²) in [5.74, 6) is -0.254. The second-order valence-electron chi connectivity index (χ2n) is 6.92. The fourth-order valence-electron chi connectivity index (χ4n) is 3.38. The van der Waals surface area contributed by atoms with Crippen molar-refractivity contribution in [2.24, 2.45) is 0 Å². The van der Waals surface area contributed by atoms with Crippen LogP contribution in [0.25, 0.3) is 11.2 Å². The van der Waals surface area contributed by atoms with Crippen LogP contribution in [0.15, 0.2) is 61.4 Å². The minimum atomic E-state index is -0.254. The number of nitrogens with zero attached hydrogens (tertiary/aromatic N) is 7. The Kier molecular flexibility index (Phi) is 4.61. The number of nitriles is 1. The molecule has 1 amide bonds. The number of hydrogen-bond acceptors (Lipinski definition) is 5. The lowest BCUT2D eigenvalue weighted by molar-refractivity contribution is 0.0950. The summed E-state index contributed by atoms with van der Waals surface area (Å²) in [5, 5.41) is 16.9. The molecule has 0 radical (unpaired) electrons. The van der Waals surface area contributed by atoms with Crippen LogP contribution in [0, 0.1) is 11.3 Å². The topological polar surface area (TPSA) is 105 Å². The number of fused-ring (bicyclic) bond motifs is 2. The van der Waals surface area contributed by atoms with E-state index in [4.69, 9.17) is 11.6 Å². The molecule has 5 rings (SSSR count). The maximum atomic E-state index is 12.6. The fourth-order valence-corrected chi connectivity index (χ4v) is 3.54. The van der Waals surface area contributed by atoms with Gasteiger partial charge in [-0.05, 0) is 24.3 Å². The van der Waals surface area contributed by atoms with Crippen LogP contribution in [0.4, 0.5) is 0 Å². The standard InChI is InChI=1S/C21H15ClN8O/c22-15-4-5-28-13-25-18(19(28)6-15)9-24-21(31)14-8-26-29(10-14)11-16-12-30-17(7-23)2-1-3-20(30)27-16/h1-6,8,10,12-13H,9,11H2,(H,24,31). The number of halogens is 1. The molecule has 152 valence electrons. The second kappa shape index (κ2) is 7.59. The molecule has 10 heteroatoms. The SMILES string of the molecule is N#Cc1cccc2nc(Cn3cc(C(=O)NCc4ncn5ccc(Cl)cc45)cn3)cn12. The van der Waals surface area contributed by atoms with Crippen LogP contribution in [0.2, 0.25) is 5.02 Å². The molecule has 0 bridgehead atoms. The Bertz CT molecular complexity index is 1470. The van der Waals surface area contributed by atoms with E-state index in [-0.39, 0.29) is 12.5 Å². The first-order valence-electron chi connectivity index (χ1n) is 9.39. The predicted molar refractivity (Wildman–Crippen MR) is 113 cm³/mol. The van der Waals surface area contributed by atoms with Crippen molar-refractivity contribution in [3.63, 3.8) is 0 Å². The number of aromatic nitrogens is 6. The van der Waals surface area contributed by atoms with Gasteiger partial charge < -0.3 is 9.72 Å². The Balaban J connectivity index is 1.28. The lowest BCUT2D eigenvalue weighted by Gasteiger charge is -2.02. The number of carbonyl (C=O) groups is 1. The van der Waals surface area contributed by atoms with Gasteiger partial charge in [0, 0.05) is 23.6 Å². The number of pyridine rings is 2. The van der Waals surface area contributed by atoms with E-state index in [1.165, 1.54) is 6.20 Å². The van der Waals surface area contributed by atoms with Gasteiger partial charge in [0.2, 0.25) is 0 Å². The third-order valence-corrected chi connectivity index (χ3v) is 5.11. The average Bonchev–Trinajstić information content (AvgIpc) is 3.49. The van der Waals surface area contributed by atoms with E-state index in [9.17, 15) is 10.1 Å². The molecule has 5 aromatic rings. The summed E-state index contributed by atoms with van der Waals surface area (Å²) < 4.78 is 5.21. The summed E-state index contributed by atoms with van der Waals surface area (Å²) >= 11 is 6.06. The molecule has 0 aliphatic heterocycles. The van der Waals surface area contributed by atoms with Gasteiger partial charge in [-0.2, -0.15) is 10.4 Å². The second-order valence-corrected chi connectivity index (χ2v) is 7.36. The van der Waals surface area contributed by atoms with Crippen LogP contribution in [0.1, 0.15) is 27.4 Å². The van der Waals surface area contributed by atoms with Crippen LogP contribution in [-0.2, 0) is 13.1 Å². The smallest absolute Gasteiger partial charge is 0.254 e. The molecule has 1 N–H and O–H groups in total. The van der Waals surface area contributed by atoms with E-state index in [0.29, 0.717) is 28.5 Å². The Hall–Kier alpha value is -4.16. The number of imidazole rings is 2. The quantitative estimate of drug-likeness (QED) is 0.461. The zero-order valence-corrected chi connectivity index (χ0v) is 16.9. The summed E-state index contributed by atoms with van der Waals surface area (Å²) in [4.78, 5) is 21.4. The highest BCUT2D eigenvalue weighted by Crippen LogP contribution is 2.16. The van der Waals surface area contributed by atoms with Gasteiger partial charge in [-0.1, -0.05) is 17.7 Å². The van der Waals surface area contributed by atoms with Gasteiger partial charge in [0.05, 0.1) is 48.1 Å². The maximum Gasteiger partial charge on any atom is 0.254 e. The summed E-state index contributed by atoms with van der Waals surface area (Å²) in [6, 6.07) is 11.1. The third kappa shape index (κ3) is 3.60. The Morgan fingerprint density at radius 3 is 3.03 bits per heavy atom. The van der Waals surface area contributed by atoms with Crippen LogP contribution in [0.5, 0.6) is 0 Å². The normalized spacial score (nSPS) is 11.1. The Morgan fingerprint density at radius 1 is 1.26 bits per heavy atom. The molecule has 0 saturated carbocycles. The summed E-state index contributed by atoms with van der Waals surface area (Å²) in [6.07, 6.45) is 8.46. The molecule has 0 unspecified atom stereocenters. The molecule has 31 heavy (non-hydrogen) atoms. The summed E-state index contributed by atoms with van der Waals surface area (Å²) in [6.45, 7) is 0.647. The van der Waals surface area contributed by atoms with Crippen molar-refractivity contribution in [3.8, 4) is 6.07 Å². The fraction of sp³-hybridized carbons (Fsp3) is 0.0952. The van der Waals surface area contributed by atoms with Crippen LogP contribution in [-0.4, -0.2) is 34.5 Å². The molecule has 9 nitrogen and oxygen atoms in total. The monoisotopic (exact) mass is 430 g/mol. The predicted octanol–water partition coefficient (Wildman–Crippen LogP) is 2.68. The zero-order valence-electron chi connectivity index (χ0n) is 16.1. The van der Waals surface area contributed by atoms with E-state index >= 15 is 0 Å². The largest absolute Gasteiger partial charge is 0.346 e. The van der Waals surface area contributed by atoms with Crippen molar-refractivity contribution in [2.45, 2.75) is 13.1 Å². The highest BCUT2D eigenvalue weighted by atomic mass is 35.5. The summed E-state index contributed by atoms with van der Waals surface area (Å²) in [7, 11) is 0. The van der Waals surface area contributed by atoms with Crippen molar-refractivity contribution in [1.29, 1.82) is 5.26 Å². The highest BCUT2D eigenvalue weighted by molar-refractivity contribution is 6.30. The van der Waals surface area contributed by atoms with E-state index in [2.05, 4.69) is 26.5 Å². The van der Waals surface area contributed by atoms with Crippen molar-refractivity contribution in [1.82, 2.24) is 33.9 Å².